The van der Waals surface area contributed by atoms with Crippen molar-refractivity contribution in [2.24, 2.45) is 4.99 Å². The standard InChI is InChI=1S/C20H30N4O2.HI/c1-4-21-20(23-17-13-16-8-9-18(17)26-16)22-11-10-14-6-5-7-15(12-14)19(25)24(2)3;/h5-7,12,16-18H,4,8-11,13H2,1-3H3,(H2,21,22,23);1H. The third-order valence-electron chi connectivity index (χ3n) is 5.02. The highest BCUT2D eigenvalue weighted by molar-refractivity contribution is 14.0. The number of ether oxygens (including phenoxy) is 1. The van der Waals surface area contributed by atoms with E-state index in [0.29, 0.717) is 24.8 Å². The van der Waals surface area contributed by atoms with E-state index in [4.69, 9.17) is 9.73 Å². The molecule has 0 aliphatic carbocycles. The first-order chi connectivity index (χ1) is 12.6. The number of halogens is 1. The van der Waals surface area contributed by atoms with Crippen LogP contribution in [-0.4, -0.2) is 62.2 Å². The monoisotopic (exact) mass is 486 g/mol. The lowest BCUT2D eigenvalue weighted by molar-refractivity contribution is 0.0827. The minimum absolute atomic E-state index is 0. The molecule has 2 heterocycles. The summed E-state index contributed by atoms with van der Waals surface area (Å²) in [6, 6.07) is 8.17. The number of benzene rings is 1. The molecule has 3 atom stereocenters. The van der Waals surface area contributed by atoms with E-state index in [1.165, 1.54) is 6.42 Å². The van der Waals surface area contributed by atoms with Gasteiger partial charge in [0, 0.05) is 32.7 Å². The lowest BCUT2D eigenvalue weighted by Gasteiger charge is -2.22. The van der Waals surface area contributed by atoms with Crippen molar-refractivity contribution in [1.29, 1.82) is 0 Å². The van der Waals surface area contributed by atoms with Crippen LogP contribution in [0.5, 0.6) is 0 Å². The molecular weight excluding hydrogens is 455 g/mol. The molecule has 150 valence electrons. The Balaban J connectivity index is 0.00000261. The molecular formula is C20H31IN4O2. The van der Waals surface area contributed by atoms with Crippen molar-refractivity contribution >= 4 is 35.8 Å². The van der Waals surface area contributed by atoms with E-state index in [0.717, 1.165) is 42.9 Å². The van der Waals surface area contributed by atoms with Crippen LogP contribution >= 0.6 is 24.0 Å². The average molecular weight is 486 g/mol. The Bertz CT molecular complexity index is 665. The largest absolute Gasteiger partial charge is 0.373 e. The van der Waals surface area contributed by atoms with Crippen molar-refractivity contribution in [2.75, 3.05) is 27.2 Å². The molecule has 7 heteroatoms. The van der Waals surface area contributed by atoms with Gasteiger partial charge in [-0.15, -0.1) is 24.0 Å². The Morgan fingerprint density at radius 1 is 1.33 bits per heavy atom. The van der Waals surface area contributed by atoms with Crippen LogP contribution in [0, 0.1) is 0 Å². The molecule has 1 aromatic rings. The van der Waals surface area contributed by atoms with E-state index in [2.05, 4.69) is 17.6 Å². The first-order valence-corrected chi connectivity index (χ1v) is 9.57. The summed E-state index contributed by atoms with van der Waals surface area (Å²) in [6.07, 6.45) is 4.98. The smallest absolute Gasteiger partial charge is 0.253 e. The van der Waals surface area contributed by atoms with Crippen molar-refractivity contribution in [1.82, 2.24) is 15.5 Å². The number of hydrogen-bond donors (Lipinski definition) is 2. The van der Waals surface area contributed by atoms with Gasteiger partial charge < -0.3 is 20.3 Å². The maximum Gasteiger partial charge on any atom is 0.253 e. The highest BCUT2D eigenvalue weighted by atomic mass is 127. The number of aliphatic imine (C=N–C) groups is 1. The van der Waals surface area contributed by atoms with Crippen LogP contribution in [0.2, 0.25) is 0 Å². The molecule has 2 aliphatic rings. The van der Waals surface area contributed by atoms with Crippen LogP contribution in [-0.2, 0) is 11.2 Å². The van der Waals surface area contributed by atoms with Gasteiger partial charge in [-0.2, -0.15) is 0 Å². The second kappa shape index (κ2) is 10.3. The van der Waals surface area contributed by atoms with Crippen LogP contribution < -0.4 is 10.6 Å². The Labute approximate surface area is 179 Å². The zero-order valence-electron chi connectivity index (χ0n) is 16.4. The van der Waals surface area contributed by atoms with Crippen LogP contribution in [0.3, 0.4) is 0 Å². The first-order valence-electron chi connectivity index (χ1n) is 9.57. The number of carbonyl (C=O) groups excluding carboxylic acids is 1. The Morgan fingerprint density at radius 2 is 2.15 bits per heavy atom. The van der Waals surface area contributed by atoms with Crippen LogP contribution in [0.1, 0.15) is 42.1 Å². The molecule has 2 bridgehead atoms. The van der Waals surface area contributed by atoms with Gasteiger partial charge in [0.05, 0.1) is 18.2 Å². The van der Waals surface area contributed by atoms with Gasteiger partial charge in [0.15, 0.2) is 5.96 Å². The minimum atomic E-state index is 0. The molecule has 2 aliphatic heterocycles. The summed E-state index contributed by atoms with van der Waals surface area (Å²) in [4.78, 5) is 18.4. The molecule has 0 aromatic heterocycles. The molecule has 1 amide bonds. The summed E-state index contributed by atoms with van der Waals surface area (Å²) in [7, 11) is 3.54. The highest BCUT2D eigenvalue weighted by Crippen LogP contribution is 2.34. The third kappa shape index (κ3) is 5.81. The molecule has 6 nitrogen and oxygen atoms in total. The second-order valence-electron chi connectivity index (χ2n) is 7.27. The number of amides is 1. The Hall–Kier alpha value is -1.35. The van der Waals surface area contributed by atoms with Gasteiger partial charge in [0.25, 0.3) is 5.91 Å². The fraction of sp³-hybridized carbons (Fsp3) is 0.600. The van der Waals surface area contributed by atoms with Gasteiger partial charge in [-0.1, -0.05) is 12.1 Å². The van der Waals surface area contributed by atoms with Crippen LogP contribution in [0.25, 0.3) is 0 Å². The molecule has 27 heavy (non-hydrogen) atoms. The zero-order chi connectivity index (χ0) is 18.5. The van der Waals surface area contributed by atoms with Gasteiger partial charge >= 0.3 is 0 Å². The lowest BCUT2D eigenvalue weighted by atomic mass is 9.96. The Morgan fingerprint density at radius 3 is 2.78 bits per heavy atom. The Kier molecular flexibility index (Phi) is 8.34. The normalized spacial score (nSPS) is 23.7. The molecule has 0 radical (unpaired) electrons. The van der Waals surface area contributed by atoms with Gasteiger partial charge in [-0.25, -0.2) is 0 Å². The van der Waals surface area contributed by atoms with E-state index in [1.807, 2.05) is 24.3 Å². The second-order valence-corrected chi connectivity index (χ2v) is 7.27. The fourth-order valence-electron chi connectivity index (χ4n) is 3.70. The summed E-state index contributed by atoms with van der Waals surface area (Å²) in [5.74, 6) is 0.885. The van der Waals surface area contributed by atoms with Crippen molar-refractivity contribution in [3.63, 3.8) is 0 Å². The number of hydrogen-bond acceptors (Lipinski definition) is 3. The molecule has 3 unspecified atom stereocenters. The predicted molar refractivity (Wildman–Crippen MR) is 119 cm³/mol. The summed E-state index contributed by atoms with van der Waals surface area (Å²) < 4.78 is 5.91. The van der Waals surface area contributed by atoms with E-state index >= 15 is 0 Å². The molecule has 2 fully saturated rings. The third-order valence-corrected chi connectivity index (χ3v) is 5.02. The summed E-state index contributed by atoms with van der Waals surface area (Å²) >= 11 is 0. The van der Waals surface area contributed by atoms with E-state index in [9.17, 15) is 4.79 Å². The summed E-state index contributed by atoms with van der Waals surface area (Å²) in [6.45, 7) is 3.59. The number of fused-ring (bicyclic) bond motifs is 2. The van der Waals surface area contributed by atoms with Crippen molar-refractivity contribution < 1.29 is 9.53 Å². The minimum Gasteiger partial charge on any atom is -0.373 e. The quantitative estimate of drug-likeness (QED) is 0.369. The maximum atomic E-state index is 12.1. The predicted octanol–water partition coefficient (Wildman–Crippen LogP) is 2.42. The number of nitrogens with one attached hydrogen (secondary N) is 2. The zero-order valence-corrected chi connectivity index (χ0v) is 18.7. The summed E-state index contributed by atoms with van der Waals surface area (Å²) in [5, 5.41) is 6.85. The first kappa shape index (κ1) is 21.9. The highest BCUT2D eigenvalue weighted by Gasteiger charge is 2.41. The van der Waals surface area contributed by atoms with Crippen LogP contribution in [0.15, 0.2) is 29.3 Å². The number of guanidine groups is 1. The molecule has 2 N–H and O–H groups in total. The molecule has 2 saturated heterocycles. The van der Waals surface area contributed by atoms with Gasteiger partial charge in [-0.05, 0) is 50.3 Å². The van der Waals surface area contributed by atoms with E-state index in [-0.39, 0.29) is 29.9 Å². The number of carbonyl (C=O) groups is 1. The lowest BCUT2D eigenvalue weighted by Crippen LogP contribution is -2.47. The van der Waals surface area contributed by atoms with E-state index in [1.54, 1.807) is 19.0 Å². The van der Waals surface area contributed by atoms with Gasteiger partial charge in [0.2, 0.25) is 0 Å². The summed E-state index contributed by atoms with van der Waals surface area (Å²) in [5.41, 5.74) is 1.85. The van der Waals surface area contributed by atoms with Crippen molar-refractivity contribution in [3.8, 4) is 0 Å². The average Bonchev–Trinajstić information content (AvgIpc) is 3.24. The topological polar surface area (TPSA) is 66.0 Å². The van der Waals surface area contributed by atoms with Gasteiger partial charge in [-0.3, -0.25) is 9.79 Å². The van der Waals surface area contributed by atoms with Crippen molar-refractivity contribution in [2.45, 2.75) is 50.9 Å². The molecule has 3 rings (SSSR count). The van der Waals surface area contributed by atoms with Crippen LogP contribution in [0.4, 0.5) is 0 Å². The molecule has 0 spiro atoms. The fourth-order valence-corrected chi connectivity index (χ4v) is 3.70. The molecule has 0 saturated carbocycles. The SMILES string of the molecule is CCNC(=NCCc1cccc(C(=O)N(C)C)c1)NC1CC2CCC1O2.I. The molecule has 1 aromatic carbocycles. The van der Waals surface area contributed by atoms with E-state index < -0.39 is 0 Å². The van der Waals surface area contributed by atoms with Gasteiger partial charge in [0.1, 0.15) is 0 Å². The van der Waals surface area contributed by atoms with Crippen molar-refractivity contribution in [3.05, 3.63) is 35.4 Å². The number of nitrogens with zero attached hydrogens (tertiary/aromatic N) is 2. The number of rotatable bonds is 6. The maximum absolute atomic E-state index is 12.1.